The van der Waals surface area contributed by atoms with E-state index in [0.717, 1.165) is 28.7 Å². The molecule has 0 spiro atoms. The average molecular weight is 413 g/mol. The van der Waals surface area contributed by atoms with Gasteiger partial charge in [0.1, 0.15) is 0 Å². The van der Waals surface area contributed by atoms with Crippen molar-refractivity contribution in [3.63, 3.8) is 0 Å². The highest BCUT2D eigenvalue weighted by Crippen LogP contribution is 2.34. The smallest absolute Gasteiger partial charge is 0.0598 e. The fraction of sp³-hybridized carbons (Fsp3) is 0.600. The van der Waals surface area contributed by atoms with Crippen molar-refractivity contribution in [3.8, 4) is 0 Å². The molecule has 0 fully saturated rings. The zero-order chi connectivity index (χ0) is 14.5. The maximum absolute atomic E-state index is 6.11. The molecule has 0 saturated carbocycles. The Morgan fingerprint density at radius 3 is 2.26 bits per heavy atom. The van der Waals surface area contributed by atoms with Crippen LogP contribution in [0, 0.1) is 0 Å². The van der Waals surface area contributed by atoms with Crippen LogP contribution in [0.1, 0.15) is 32.8 Å². The first-order chi connectivity index (χ1) is 8.83. The van der Waals surface area contributed by atoms with Crippen LogP contribution >= 0.6 is 43.5 Å². The summed E-state index contributed by atoms with van der Waals surface area (Å²) in [6.45, 7) is 6.97. The normalized spacial score (nSPS) is 12.7. The van der Waals surface area contributed by atoms with Gasteiger partial charge in [0.15, 0.2) is 0 Å². The Morgan fingerprint density at radius 1 is 1.16 bits per heavy atom. The Morgan fingerprint density at radius 2 is 1.79 bits per heavy atom. The Labute approximate surface area is 138 Å². The van der Waals surface area contributed by atoms with E-state index in [0.29, 0.717) is 0 Å². The highest BCUT2D eigenvalue weighted by molar-refractivity contribution is 9.09. The second kappa shape index (κ2) is 7.44. The average Bonchev–Trinajstić information content (AvgIpc) is 2.34. The third-order valence-electron chi connectivity index (χ3n) is 3.06. The molecule has 0 aromatic heterocycles. The molecule has 0 amide bonds. The van der Waals surface area contributed by atoms with Crippen LogP contribution in [0.4, 0.5) is 0 Å². The third-order valence-corrected chi connectivity index (χ3v) is 5.45. The lowest BCUT2D eigenvalue weighted by Gasteiger charge is -2.32. The number of hydrogen-bond acceptors (Lipinski definition) is 1. The van der Waals surface area contributed by atoms with Crippen molar-refractivity contribution in [2.24, 2.45) is 0 Å². The summed E-state index contributed by atoms with van der Waals surface area (Å²) < 4.78 is 5.87. The quantitative estimate of drug-likeness (QED) is 0.555. The molecule has 4 heteroatoms. The molecule has 1 aromatic carbocycles. The lowest BCUT2D eigenvalue weighted by Crippen LogP contribution is -2.33. The Balaban J connectivity index is 2.85. The van der Waals surface area contributed by atoms with Crippen LogP contribution in [0.2, 0.25) is 5.02 Å². The largest absolute Gasteiger partial charge is 0.376 e. The van der Waals surface area contributed by atoms with Crippen LogP contribution in [-0.4, -0.2) is 22.9 Å². The maximum atomic E-state index is 6.11. The molecule has 0 saturated heterocycles. The summed E-state index contributed by atoms with van der Waals surface area (Å²) >= 11 is 13.4. The van der Waals surface area contributed by atoms with Crippen LogP contribution in [0.15, 0.2) is 24.3 Å². The van der Waals surface area contributed by atoms with Crippen LogP contribution in [0.3, 0.4) is 0 Å². The summed E-state index contributed by atoms with van der Waals surface area (Å²) in [5.41, 5.74) is 1.15. The first-order valence-electron chi connectivity index (χ1n) is 6.35. The number of rotatable bonds is 6. The van der Waals surface area contributed by atoms with E-state index in [2.05, 4.69) is 58.7 Å². The Hall–Kier alpha value is 0.430. The molecular weight excluding hydrogens is 391 g/mol. The minimum absolute atomic E-state index is 0.0101. The van der Waals surface area contributed by atoms with Crippen molar-refractivity contribution < 1.29 is 4.74 Å². The molecule has 0 unspecified atom stereocenters. The summed E-state index contributed by atoms with van der Waals surface area (Å²) in [5, 5.41) is 2.53. The van der Waals surface area contributed by atoms with Crippen molar-refractivity contribution >= 4 is 43.5 Å². The van der Waals surface area contributed by atoms with E-state index in [1.807, 2.05) is 18.2 Å². The predicted molar refractivity (Wildman–Crippen MR) is 91.0 cm³/mol. The molecule has 0 radical (unpaired) electrons. The Kier molecular flexibility index (Phi) is 6.85. The van der Waals surface area contributed by atoms with Gasteiger partial charge >= 0.3 is 0 Å². The molecule has 0 bridgehead atoms. The summed E-state index contributed by atoms with van der Waals surface area (Å²) in [6, 6.07) is 8.08. The number of ether oxygens (including phenoxy) is 1. The van der Waals surface area contributed by atoms with Gasteiger partial charge < -0.3 is 4.74 Å². The molecule has 0 N–H and O–H groups in total. The second-order valence-electron chi connectivity index (χ2n) is 5.77. The predicted octanol–water partition coefficient (Wildman–Crippen LogP) is 5.57. The van der Waals surface area contributed by atoms with Crippen LogP contribution in [0.5, 0.6) is 0 Å². The molecule has 0 heterocycles. The highest BCUT2D eigenvalue weighted by atomic mass is 79.9. The molecular formula is C15H21Br2ClO. The number of hydrogen-bond donors (Lipinski definition) is 0. The van der Waals surface area contributed by atoms with Crippen LogP contribution < -0.4 is 0 Å². The van der Waals surface area contributed by atoms with Crippen LogP contribution in [0.25, 0.3) is 0 Å². The number of alkyl halides is 2. The van der Waals surface area contributed by atoms with Gasteiger partial charge in [-0.05, 0) is 44.9 Å². The minimum Gasteiger partial charge on any atom is -0.376 e. The van der Waals surface area contributed by atoms with Gasteiger partial charge in [0.25, 0.3) is 0 Å². The first kappa shape index (κ1) is 17.5. The van der Waals surface area contributed by atoms with E-state index >= 15 is 0 Å². The maximum Gasteiger partial charge on any atom is 0.0598 e. The van der Waals surface area contributed by atoms with Crippen molar-refractivity contribution in [1.29, 1.82) is 0 Å². The SMILES string of the molecule is CC(C)(C)OCCC(CBr)(CBr)c1cccc(Cl)c1. The molecule has 108 valence electrons. The monoisotopic (exact) mass is 410 g/mol. The summed E-state index contributed by atoms with van der Waals surface area (Å²) in [5.74, 6) is 0. The fourth-order valence-electron chi connectivity index (χ4n) is 1.84. The lowest BCUT2D eigenvalue weighted by atomic mass is 9.82. The molecule has 1 rings (SSSR count). The first-order valence-corrected chi connectivity index (χ1v) is 8.97. The summed E-state index contributed by atoms with van der Waals surface area (Å²) in [7, 11) is 0. The van der Waals surface area contributed by atoms with Gasteiger partial charge in [-0.3, -0.25) is 0 Å². The van der Waals surface area contributed by atoms with E-state index in [9.17, 15) is 0 Å². The van der Waals surface area contributed by atoms with E-state index in [1.165, 1.54) is 5.56 Å². The van der Waals surface area contributed by atoms with Gasteiger partial charge in [0.05, 0.1) is 5.60 Å². The van der Waals surface area contributed by atoms with Gasteiger partial charge in [0.2, 0.25) is 0 Å². The highest BCUT2D eigenvalue weighted by Gasteiger charge is 2.30. The standard InChI is InChI=1S/C15H21Br2ClO/c1-14(2,3)19-8-7-15(10-16,11-17)12-5-4-6-13(18)9-12/h4-6,9H,7-8,10-11H2,1-3H3. The molecule has 1 nitrogen and oxygen atoms in total. The van der Waals surface area contributed by atoms with Crippen molar-refractivity contribution in [2.75, 3.05) is 17.3 Å². The molecule has 0 aliphatic carbocycles. The van der Waals surface area contributed by atoms with E-state index < -0.39 is 0 Å². The van der Waals surface area contributed by atoms with Crippen molar-refractivity contribution in [2.45, 2.75) is 38.2 Å². The zero-order valence-electron chi connectivity index (χ0n) is 11.7. The molecule has 19 heavy (non-hydrogen) atoms. The van der Waals surface area contributed by atoms with Crippen molar-refractivity contribution in [1.82, 2.24) is 0 Å². The second-order valence-corrected chi connectivity index (χ2v) is 7.33. The van der Waals surface area contributed by atoms with Gasteiger partial charge in [-0.2, -0.15) is 0 Å². The van der Waals surface area contributed by atoms with Crippen molar-refractivity contribution in [3.05, 3.63) is 34.9 Å². The summed E-state index contributed by atoms with van der Waals surface area (Å²) in [6.07, 6.45) is 0.946. The number of benzene rings is 1. The van der Waals surface area contributed by atoms with E-state index in [4.69, 9.17) is 16.3 Å². The molecule has 0 aliphatic heterocycles. The Bertz CT molecular complexity index is 397. The third kappa shape index (κ3) is 5.37. The molecule has 1 aromatic rings. The summed E-state index contributed by atoms with van der Waals surface area (Å²) in [4.78, 5) is 0. The van der Waals surface area contributed by atoms with Gasteiger partial charge in [-0.15, -0.1) is 0 Å². The van der Waals surface area contributed by atoms with Gasteiger partial charge in [0, 0.05) is 27.7 Å². The molecule has 0 aliphatic rings. The lowest BCUT2D eigenvalue weighted by molar-refractivity contribution is -0.00940. The minimum atomic E-state index is -0.0985. The van der Waals surface area contributed by atoms with Crippen LogP contribution in [-0.2, 0) is 10.2 Å². The van der Waals surface area contributed by atoms with Gasteiger partial charge in [-0.25, -0.2) is 0 Å². The van der Waals surface area contributed by atoms with E-state index in [-0.39, 0.29) is 11.0 Å². The fourth-order valence-corrected chi connectivity index (χ4v) is 4.17. The zero-order valence-corrected chi connectivity index (χ0v) is 15.6. The van der Waals surface area contributed by atoms with Gasteiger partial charge in [-0.1, -0.05) is 55.6 Å². The number of halogens is 3. The molecule has 0 atom stereocenters. The van der Waals surface area contributed by atoms with E-state index in [1.54, 1.807) is 0 Å². The topological polar surface area (TPSA) is 9.23 Å².